The number of alkyl halides is 3. The van der Waals surface area contributed by atoms with Crippen molar-refractivity contribution in [1.82, 2.24) is 9.78 Å². The molecule has 1 heterocycles. The second-order valence-electron chi connectivity index (χ2n) is 5.07. The SMILES string of the molecule is Cc1c(Br)c(C(F)(F)F)nn1CCC(=O)Nc1ccc([N+](=O)[O-])cc1. The number of rotatable bonds is 5. The zero-order valence-electron chi connectivity index (χ0n) is 12.8. The number of amides is 1. The summed E-state index contributed by atoms with van der Waals surface area (Å²) in [7, 11) is 0. The quantitative estimate of drug-likeness (QED) is 0.586. The number of carbonyl (C=O) groups excluding carboxylic acids is 1. The van der Waals surface area contributed by atoms with Crippen molar-refractivity contribution in [3.63, 3.8) is 0 Å². The summed E-state index contributed by atoms with van der Waals surface area (Å²) in [5, 5.41) is 16.5. The maximum atomic E-state index is 12.8. The summed E-state index contributed by atoms with van der Waals surface area (Å²) in [5.74, 6) is -0.451. The van der Waals surface area contributed by atoms with Crippen LogP contribution < -0.4 is 5.32 Å². The molecular formula is C14H12BrF3N4O3. The molecule has 2 aromatic rings. The number of hydrogen-bond donors (Lipinski definition) is 1. The Morgan fingerprint density at radius 1 is 1.36 bits per heavy atom. The summed E-state index contributed by atoms with van der Waals surface area (Å²) < 4.78 is 39.3. The average Bonchev–Trinajstić information content (AvgIpc) is 2.81. The zero-order chi connectivity index (χ0) is 18.8. The highest BCUT2D eigenvalue weighted by Gasteiger charge is 2.37. The van der Waals surface area contributed by atoms with Crippen molar-refractivity contribution < 1.29 is 22.9 Å². The van der Waals surface area contributed by atoms with Crippen molar-refractivity contribution in [2.24, 2.45) is 0 Å². The molecule has 1 N–H and O–H groups in total. The second-order valence-corrected chi connectivity index (χ2v) is 5.86. The average molecular weight is 421 g/mol. The van der Waals surface area contributed by atoms with Gasteiger partial charge in [-0.05, 0) is 35.0 Å². The normalized spacial score (nSPS) is 11.4. The fourth-order valence-corrected chi connectivity index (χ4v) is 2.53. The van der Waals surface area contributed by atoms with E-state index in [1.165, 1.54) is 31.2 Å². The molecule has 0 fully saturated rings. The van der Waals surface area contributed by atoms with Gasteiger partial charge in [0.25, 0.3) is 5.69 Å². The van der Waals surface area contributed by atoms with Crippen LogP contribution in [0.3, 0.4) is 0 Å². The molecule has 25 heavy (non-hydrogen) atoms. The molecule has 1 aromatic carbocycles. The lowest BCUT2D eigenvalue weighted by Gasteiger charge is -2.06. The van der Waals surface area contributed by atoms with Crippen LogP contribution >= 0.6 is 15.9 Å². The van der Waals surface area contributed by atoms with Gasteiger partial charge in [-0.1, -0.05) is 0 Å². The Kier molecular flexibility index (Phi) is 5.45. The van der Waals surface area contributed by atoms with E-state index in [1.807, 2.05) is 0 Å². The molecule has 7 nitrogen and oxygen atoms in total. The first-order valence-corrected chi connectivity index (χ1v) is 7.73. The van der Waals surface area contributed by atoms with Crippen molar-refractivity contribution in [2.75, 3.05) is 5.32 Å². The molecule has 0 atom stereocenters. The highest BCUT2D eigenvalue weighted by Crippen LogP contribution is 2.35. The number of carbonyl (C=O) groups is 1. The van der Waals surface area contributed by atoms with Crippen molar-refractivity contribution >= 4 is 33.2 Å². The largest absolute Gasteiger partial charge is 0.436 e. The predicted octanol–water partition coefficient (Wildman–Crippen LogP) is 3.91. The van der Waals surface area contributed by atoms with Crippen LogP contribution in [0.2, 0.25) is 0 Å². The van der Waals surface area contributed by atoms with Crippen LogP contribution in [0.25, 0.3) is 0 Å². The summed E-state index contributed by atoms with van der Waals surface area (Å²) in [5.41, 5.74) is -0.545. The number of hydrogen-bond acceptors (Lipinski definition) is 4. The third-order valence-electron chi connectivity index (χ3n) is 3.31. The highest BCUT2D eigenvalue weighted by molar-refractivity contribution is 9.10. The minimum absolute atomic E-state index is 0.0423. The lowest BCUT2D eigenvalue weighted by molar-refractivity contribution is -0.384. The molecule has 11 heteroatoms. The summed E-state index contributed by atoms with van der Waals surface area (Å²) in [6, 6.07) is 5.21. The van der Waals surface area contributed by atoms with Gasteiger partial charge >= 0.3 is 6.18 Å². The molecule has 0 spiro atoms. The fourth-order valence-electron chi connectivity index (χ4n) is 2.02. The Morgan fingerprint density at radius 2 is 1.96 bits per heavy atom. The highest BCUT2D eigenvalue weighted by atomic mass is 79.9. The van der Waals surface area contributed by atoms with Crippen LogP contribution in [0.1, 0.15) is 17.8 Å². The van der Waals surface area contributed by atoms with Gasteiger partial charge in [0.1, 0.15) is 0 Å². The van der Waals surface area contributed by atoms with Gasteiger partial charge < -0.3 is 5.32 Å². The summed E-state index contributed by atoms with van der Waals surface area (Å²) >= 11 is 2.86. The molecule has 0 saturated carbocycles. The Labute approximate surface area is 148 Å². The van der Waals surface area contributed by atoms with Gasteiger partial charge in [0.15, 0.2) is 5.69 Å². The van der Waals surface area contributed by atoms with E-state index in [4.69, 9.17) is 0 Å². The third kappa shape index (κ3) is 4.56. The van der Waals surface area contributed by atoms with Gasteiger partial charge in [0.2, 0.25) is 5.91 Å². The molecular weight excluding hydrogens is 409 g/mol. The maximum Gasteiger partial charge on any atom is 0.436 e. The van der Waals surface area contributed by atoms with Crippen molar-refractivity contribution in [2.45, 2.75) is 26.1 Å². The van der Waals surface area contributed by atoms with Gasteiger partial charge in [-0.25, -0.2) is 0 Å². The van der Waals surface area contributed by atoms with Gasteiger partial charge in [-0.2, -0.15) is 18.3 Å². The number of nitrogens with zero attached hydrogens (tertiary/aromatic N) is 3. The molecule has 1 amide bonds. The van der Waals surface area contributed by atoms with Crippen LogP contribution in [0.4, 0.5) is 24.5 Å². The van der Waals surface area contributed by atoms with Crippen molar-refractivity contribution in [1.29, 1.82) is 0 Å². The van der Waals surface area contributed by atoms with E-state index in [0.29, 0.717) is 5.69 Å². The molecule has 134 valence electrons. The third-order valence-corrected chi connectivity index (χ3v) is 4.26. The van der Waals surface area contributed by atoms with Crippen LogP contribution in [-0.4, -0.2) is 20.6 Å². The number of halogens is 4. The lowest BCUT2D eigenvalue weighted by atomic mass is 10.2. The van der Waals surface area contributed by atoms with Gasteiger partial charge in [-0.15, -0.1) is 0 Å². The molecule has 0 aliphatic rings. The fraction of sp³-hybridized carbons (Fsp3) is 0.286. The molecule has 0 aliphatic heterocycles. The molecule has 0 unspecified atom stereocenters. The first kappa shape index (κ1) is 18.9. The number of anilines is 1. The first-order valence-electron chi connectivity index (χ1n) is 6.94. The van der Waals surface area contributed by atoms with Crippen molar-refractivity contribution in [3.05, 3.63) is 50.2 Å². The van der Waals surface area contributed by atoms with Crippen LogP contribution in [0.5, 0.6) is 0 Å². The van der Waals surface area contributed by atoms with E-state index in [9.17, 15) is 28.1 Å². The topological polar surface area (TPSA) is 90.1 Å². The van der Waals surface area contributed by atoms with Crippen LogP contribution in [0.15, 0.2) is 28.7 Å². The standard InChI is InChI=1S/C14H12BrF3N4O3/c1-8-12(15)13(14(16,17)18)20-21(8)7-6-11(23)19-9-2-4-10(5-3-9)22(24)25/h2-5H,6-7H2,1H3,(H,19,23). The van der Waals surface area contributed by atoms with E-state index in [0.717, 1.165) is 4.68 Å². The van der Waals surface area contributed by atoms with E-state index < -0.39 is 22.7 Å². The maximum absolute atomic E-state index is 12.8. The molecule has 0 radical (unpaired) electrons. The summed E-state index contributed by atoms with van der Waals surface area (Å²) in [6.45, 7) is 1.42. The number of nitro groups is 1. The van der Waals surface area contributed by atoms with Gasteiger partial charge in [0, 0.05) is 24.2 Å². The number of aryl methyl sites for hydroxylation is 1. The van der Waals surface area contributed by atoms with Crippen LogP contribution in [-0.2, 0) is 17.5 Å². The van der Waals surface area contributed by atoms with Gasteiger partial charge in [0.05, 0.1) is 21.6 Å². The monoisotopic (exact) mass is 420 g/mol. The van der Waals surface area contributed by atoms with E-state index in [-0.39, 0.29) is 28.8 Å². The van der Waals surface area contributed by atoms with Gasteiger partial charge in [-0.3, -0.25) is 19.6 Å². The molecule has 0 aliphatic carbocycles. The Balaban J connectivity index is 1.99. The minimum atomic E-state index is -4.59. The summed E-state index contributed by atoms with van der Waals surface area (Å²) in [4.78, 5) is 21.9. The number of nitrogens with one attached hydrogen (secondary N) is 1. The first-order chi connectivity index (χ1) is 11.6. The Morgan fingerprint density at radius 3 is 2.44 bits per heavy atom. The molecule has 1 aromatic heterocycles. The number of aromatic nitrogens is 2. The zero-order valence-corrected chi connectivity index (χ0v) is 14.4. The molecule has 0 bridgehead atoms. The second kappa shape index (κ2) is 7.21. The summed E-state index contributed by atoms with van der Waals surface area (Å²) in [6.07, 6.45) is -4.70. The van der Waals surface area contributed by atoms with E-state index in [1.54, 1.807) is 0 Å². The Hall–Kier alpha value is -2.43. The number of non-ortho nitro benzene ring substituents is 1. The lowest BCUT2D eigenvalue weighted by Crippen LogP contribution is -2.16. The number of nitro benzene ring substituents is 1. The van der Waals surface area contributed by atoms with E-state index in [2.05, 4.69) is 26.3 Å². The predicted molar refractivity (Wildman–Crippen MR) is 86.0 cm³/mol. The smallest absolute Gasteiger partial charge is 0.326 e. The van der Waals surface area contributed by atoms with E-state index >= 15 is 0 Å². The van der Waals surface area contributed by atoms with Crippen LogP contribution in [0, 0.1) is 17.0 Å². The minimum Gasteiger partial charge on any atom is -0.326 e. The van der Waals surface area contributed by atoms with Crippen molar-refractivity contribution in [3.8, 4) is 0 Å². The number of benzene rings is 1. The molecule has 0 saturated heterocycles. The molecule has 2 rings (SSSR count). The Bertz CT molecular complexity index is 803.